The highest BCUT2D eigenvalue weighted by Crippen LogP contribution is 2.33. The summed E-state index contributed by atoms with van der Waals surface area (Å²) in [5, 5.41) is 3.88. The first-order valence-corrected chi connectivity index (χ1v) is 10.4. The van der Waals surface area contributed by atoms with Crippen molar-refractivity contribution in [2.45, 2.75) is 20.8 Å². The molecule has 0 spiro atoms. The van der Waals surface area contributed by atoms with E-state index >= 15 is 0 Å². The summed E-state index contributed by atoms with van der Waals surface area (Å²) in [6, 6.07) is 14.0. The standard InChI is InChI=1S/C25H28N4O2/c1-16-13-17(2)21(18(3)14-16)20-15-28(4)23-22(20)24(30)29(5)25(27-23)26-11-12-31-19-9-7-6-8-10-19/h6-10,13-15H,11-12H2,1-5H3,(H,26,27). The molecule has 6 heteroatoms. The highest BCUT2D eigenvalue weighted by Gasteiger charge is 2.19. The molecule has 0 amide bonds. The van der Waals surface area contributed by atoms with Gasteiger partial charge >= 0.3 is 0 Å². The summed E-state index contributed by atoms with van der Waals surface area (Å²) in [5.41, 5.74) is 6.18. The summed E-state index contributed by atoms with van der Waals surface area (Å²) >= 11 is 0. The maximum Gasteiger partial charge on any atom is 0.264 e. The van der Waals surface area contributed by atoms with Crippen molar-refractivity contribution in [1.29, 1.82) is 0 Å². The first kappa shape index (κ1) is 20.7. The fraction of sp³-hybridized carbons (Fsp3) is 0.280. The maximum absolute atomic E-state index is 13.3. The van der Waals surface area contributed by atoms with Crippen LogP contribution in [0.1, 0.15) is 16.7 Å². The van der Waals surface area contributed by atoms with E-state index in [1.807, 2.05) is 48.1 Å². The van der Waals surface area contributed by atoms with Gasteiger partial charge in [0, 0.05) is 25.9 Å². The number of nitrogens with zero attached hydrogens (tertiary/aromatic N) is 3. The van der Waals surface area contributed by atoms with Gasteiger partial charge in [-0.05, 0) is 49.6 Å². The Morgan fingerprint density at radius 2 is 1.71 bits per heavy atom. The topological polar surface area (TPSA) is 61.1 Å². The zero-order valence-corrected chi connectivity index (χ0v) is 18.7. The Bertz CT molecular complexity index is 1280. The minimum Gasteiger partial charge on any atom is -0.492 e. The molecule has 31 heavy (non-hydrogen) atoms. The summed E-state index contributed by atoms with van der Waals surface area (Å²) in [5.74, 6) is 1.34. The lowest BCUT2D eigenvalue weighted by Crippen LogP contribution is -2.24. The van der Waals surface area contributed by atoms with Crippen molar-refractivity contribution in [2.75, 3.05) is 18.5 Å². The van der Waals surface area contributed by atoms with E-state index in [1.54, 1.807) is 11.6 Å². The van der Waals surface area contributed by atoms with Crippen molar-refractivity contribution in [2.24, 2.45) is 14.1 Å². The number of para-hydroxylation sites is 1. The zero-order chi connectivity index (χ0) is 22.1. The van der Waals surface area contributed by atoms with Gasteiger partial charge in [-0.3, -0.25) is 9.36 Å². The third kappa shape index (κ3) is 3.93. The molecule has 2 heterocycles. The molecule has 0 aliphatic heterocycles. The van der Waals surface area contributed by atoms with Crippen LogP contribution in [-0.4, -0.2) is 27.3 Å². The normalized spacial score (nSPS) is 11.1. The number of aromatic nitrogens is 3. The quantitative estimate of drug-likeness (QED) is 0.475. The van der Waals surface area contributed by atoms with Crippen LogP contribution in [0.4, 0.5) is 5.95 Å². The minimum atomic E-state index is -0.0635. The third-order valence-electron chi connectivity index (χ3n) is 5.54. The molecule has 0 bridgehead atoms. The molecule has 1 N–H and O–H groups in total. The summed E-state index contributed by atoms with van der Waals surface area (Å²) in [6.45, 7) is 7.28. The van der Waals surface area contributed by atoms with Gasteiger partial charge in [-0.2, -0.15) is 4.98 Å². The van der Waals surface area contributed by atoms with Crippen molar-refractivity contribution in [3.05, 3.63) is 75.7 Å². The fourth-order valence-electron chi connectivity index (χ4n) is 4.20. The largest absolute Gasteiger partial charge is 0.492 e. The lowest BCUT2D eigenvalue weighted by atomic mass is 9.94. The van der Waals surface area contributed by atoms with Crippen LogP contribution in [0.5, 0.6) is 5.75 Å². The molecule has 2 aromatic carbocycles. The Kier molecular flexibility index (Phi) is 5.55. The van der Waals surface area contributed by atoms with E-state index in [2.05, 4.69) is 38.2 Å². The van der Waals surface area contributed by atoms with Crippen LogP contribution in [0, 0.1) is 20.8 Å². The van der Waals surface area contributed by atoms with Crippen LogP contribution in [0.25, 0.3) is 22.2 Å². The highest BCUT2D eigenvalue weighted by atomic mass is 16.5. The molecule has 0 fully saturated rings. The van der Waals surface area contributed by atoms with E-state index in [0.717, 1.165) is 28.0 Å². The van der Waals surface area contributed by atoms with Crippen LogP contribution in [0.15, 0.2) is 53.5 Å². The van der Waals surface area contributed by atoms with E-state index < -0.39 is 0 Å². The number of anilines is 1. The lowest BCUT2D eigenvalue weighted by Gasteiger charge is -2.13. The predicted octanol–water partition coefficient (Wildman–Crippen LogP) is 4.36. The average Bonchev–Trinajstić information content (AvgIpc) is 3.04. The summed E-state index contributed by atoms with van der Waals surface area (Å²) in [6.07, 6.45) is 2.01. The van der Waals surface area contributed by atoms with E-state index in [1.165, 1.54) is 5.56 Å². The molecule has 0 aliphatic rings. The van der Waals surface area contributed by atoms with Gasteiger partial charge in [0.15, 0.2) is 0 Å². The number of aryl methyl sites for hydroxylation is 4. The molecule has 0 saturated heterocycles. The van der Waals surface area contributed by atoms with Crippen LogP contribution in [0.3, 0.4) is 0 Å². The average molecular weight is 417 g/mol. The van der Waals surface area contributed by atoms with Gasteiger partial charge in [0.1, 0.15) is 18.0 Å². The second kappa shape index (κ2) is 8.30. The lowest BCUT2D eigenvalue weighted by molar-refractivity contribution is 0.332. The molecular formula is C25H28N4O2. The second-order valence-electron chi connectivity index (χ2n) is 8.01. The van der Waals surface area contributed by atoms with Gasteiger partial charge in [-0.15, -0.1) is 0 Å². The van der Waals surface area contributed by atoms with Crippen molar-refractivity contribution >= 4 is 17.0 Å². The summed E-state index contributed by atoms with van der Waals surface area (Å²) in [4.78, 5) is 18.1. The number of rotatable bonds is 6. The van der Waals surface area contributed by atoms with Gasteiger partial charge in [-0.1, -0.05) is 35.9 Å². The Balaban J connectivity index is 1.67. The molecule has 160 valence electrons. The molecule has 0 atom stereocenters. The fourth-order valence-corrected chi connectivity index (χ4v) is 4.20. The Morgan fingerprint density at radius 1 is 1.03 bits per heavy atom. The van der Waals surface area contributed by atoms with Crippen LogP contribution < -0.4 is 15.6 Å². The zero-order valence-electron chi connectivity index (χ0n) is 18.7. The number of ether oxygens (including phenoxy) is 1. The van der Waals surface area contributed by atoms with E-state index in [-0.39, 0.29) is 5.56 Å². The highest BCUT2D eigenvalue weighted by molar-refractivity contribution is 5.95. The second-order valence-corrected chi connectivity index (χ2v) is 8.01. The Hall–Kier alpha value is -3.54. The van der Waals surface area contributed by atoms with E-state index in [4.69, 9.17) is 9.72 Å². The molecule has 2 aromatic heterocycles. The van der Waals surface area contributed by atoms with Crippen LogP contribution in [-0.2, 0) is 14.1 Å². The number of hydrogen-bond donors (Lipinski definition) is 1. The molecule has 4 aromatic rings. The van der Waals surface area contributed by atoms with Gasteiger partial charge in [-0.25, -0.2) is 0 Å². The molecule has 0 radical (unpaired) electrons. The van der Waals surface area contributed by atoms with Gasteiger partial charge in [0.2, 0.25) is 5.95 Å². The van der Waals surface area contributed by atoms with E-state index in [9.17, 15) is 4.79 Å². The SMILES string of the molecule is Cc1cc(C)c(-c2cn(C)c3nc(NCCOc4ccccc4)n(C)c(=O)c23)c(C)c1. The van der Waals surface area contributed by atoms with Crippen molar-refractivity contribution in [3.63, 3.8) is 0 Å². The molecule has 4 rings (SSSR count). The van der Waals surface area contributed by atoms with Crippen LogP contribution in [0.2, 0.25) is 0 Å². The number of fused-ring (bicyclic) bond motifs is 1. The summed E-state index contributed by atoms with van der Waals surface area (Å²) < 4.78 is 9.23. The van der Waals surface area contributed by atoms with Gasteiger partial charge in [0.05, 0.1) is 11.9 Å². The van der Waals surface area contributed by atoms with Gasteiger partial charge < -0.3 is 14.6 Å². The van der Waals surface area contributed by atoms with Crippen molar-refractivity contribution < 1.29 is 4.74 Å². The predicted molar refractivity (Wildman–Crippen MR) is 126 cm³/mol. The van der Waals surface area contributed by atoms with Crippen molar-refractivity contribution in [1.82, 2.24) is 14.1 Å². The smallest absolute Gasteiger partial charge is 0.264 e. The van der Waals surface area contributed by atoms with Crippen molar-refractivity contribution in [3.8, 4) is 16.9 Å². The Morgan fingerprint density at radius 3 is 2.39 bits per heavy atom. The molecule has 6 nitrogen and oxygen atoms in total. The van der Waals surface area contributed by atoms with Crippen LogP contribution >= 0.6 is 0 Å². The molecule has 0 aliphatic carbocycles. The maximum atomic E-state index is 13.3. The number of benzene rings is 2. The first-order chi connectivity index (χ1) is 14.9. The Labute approximate surface area is 182 Å². The van der Waals surface area contributed by atoms with E-state index in [0.29, 0.717) is 30.1 Å². The molecule has 0 saturated carbocycles. The monoisotopic (exact) mass is 416 g/mol. The molecular weight excluding hydrogens is 388 g/mol. The summed E-state index contributed by atoms with van der Waals surface area (Å²) in [7, 11) is 3.68. The minimum absolute atomic E-state index is 0.0635. The number of hydrogen-bond acceptors (Lipinski definition) is 4. The third-order valence-corrected chi connectivity index (χ3v) is 5.54. The first-order valence-electron chi connectivity index (χ1n) is 10.4. The number of nitrogens with one attached hydrogen (secondary N) is 1. The molecule has 0 unspecified atom stereocenters. The van der Waals surface area contributed by atoms with Gasteiger partial charge in [0.25, 0.3) is 5.56 Å².